The van der Waals surface area contributed by atoms with Crippen LogP contribution in [0.5, 0.6) is 0 Å². The van der Waals surface area contributed by atoms with Crippen LogP contribution in [0.1, 0.15) is 51.4 Å². The predicted molar refractivity (Wildman–Crippen MR) is 141 cm³/mol. The first-order chi connectivity index (χ1) is 17.8. The van der Waals surface area contributed by atoms with Gasteiger partial charge in [-0.15, -0.1) is 5.06 Å². The Kier molecular flexibility index (Phi) is 12.2. The van der Waals surface area contributed by atoms with E-state index in [9.17, 15) is 28.8 Å². The second kappa shape index (κ2) is 15.3. The standard InChI is InChI=1S/C22H33N5O7S3/c28-16(4-2-1-3-15-21-14(13-35-15)25-22(33)26-21)23-9-10-24-17(29)7-11-36-37-12-8-20(32)34-27-18(30)5-6-19(27)31/h14-15,21H,1-13H2,(H,23,28)(H,24,29)(H2,25,26,33)/t14-,15?,21-/m0/s1. The summed E-state index contributed by atoms with van der Waals surface area (Å²) < 4.78 is 0. The number of nitrogens with zero attached hydrogens (tertiary/aromatic N) is 1. The zero-order valence-corrected chi connectivity index (χ0v) is 22.9. The van der Waals surface area contributed by atoms with E-state index in [0.29, 0.717) is 47.8 Å². The van der Waals surface area contributed by atoms with Gasteiger partial charge in [0.2, 0.25) is 11.8 Å². The Hall–Kier alpha value is -2.13. The van der Waals surface area contributed by atoms with Gasteiger partial charge >= 0.3 is 12.0 Å². The number of fused-ring (bicyclic) bond motifs is 1. The normalized spacial score (nSPS) is 22.4. The lowest BCUT2D eigenvalue weighted by Crippen LogP contribution is -2.36. The van der Waals surface area contributed by atoms with E-state index in [-0.39, 0.29) is 49.2 Å². The van der Waals surface area contributed by atoms with Crippen LogP contribution in [0.4, 0.5) is 4.79 Å². The summed E-state index contributed by atoms with van der Waals surface area (Å²) in [5.41, 5.74) is 0. The molecule has 1 unspecified atom stereocenters. The maximum absolute atomic E-state index is 12.0. The Morgan fingerprint density at radius 3 is 2.27 bits per heavy atom. The lowest BCUT2D eigenvalue weighted by Gasteiger charge is -2.16. The van der Waals surface area contributed by atoms with Crippen LogP contribution in [-0.2, 0) is 28.8 Å². The molecule has 12 nitrogen and oxygen atoms in total. The Bertz CT molecular complexity index is 862. The third-order valence-electron chi connectivity index (χ3n) is 5.93. The van der Waals surface area contributed by atoms with Gasteiger partial charge in [0.05, 0.1) is 18.5 Å². The highest BCUT2D eigenvalue weighted by Crippen LogP contribution is 2.33. The summed E-state index contributed by atoms with van der Waals surface area (Å²) in [6.07, 6.45) is 3.61. The van der Waals surface area contributed by atoms with E-state index in [4.69, 9.17) is 4.84 Å². The summed E-state index contributed by atoms with van der Waals surface area (Å²) in [7, 11) is 2.85. The maximum atomic E-state index is 12.0. The molecule has 3 aliphatic rings. The molecule has 3 saturated heterocycles. The van der Waals surface area contributed by atoms with Crippen LogP contribution in [0, 0.1) is 0 Å². The number of nitrogens with one attached hydrogen (secondary N) is 4. The first kappa shape index (κ1) is 29.4. The second-order valence-electron chi connectivity index (χ2n) is 8.76. The van der Waals surface area contributed by atoms with E-state index < -0.39 is 17.8 Å². The van der Waals surface area contributed by atoms with Crippen LogP contribution in [0.25, 0.3) is 0 Å². The van der Waals surface area contributed by atoms with Gasteiger partial charge in [0.15, 0.2) is 0 Å². The van der Waals surface area contributed by atoms with Gasteiger partial charge < -0.3 is 26.1 Å². The molecule has 0 aliphatic carbocycles. The fraction of sp³-hybridized carbons (Fsp3) is 0.727. The van der Waals surface area contributed by atoms with E-state index >= 15 is 0 Å². The number of carbonyl (C=O) groups excluding carboxylic acids is 6. The minimum Gasteiger partial charge on any atom is -0.354 e. The molecule has 3 atom stereocenters. The van der Waals surface area contributed by atoms with E-state index in [1.165, 1.54) is 21.6 Å². The van der Waals surface area contributed by atoms with Crippen molar-refractivity contribution in [3.63, 3.8) is 0 Å². The lowest BCUT2D eigenvalue weighted by molar-refractivity contribution is -0.197. The molecule has 4 N–H and O–H groups in total. The highest BCUT2D eigenvalue weighted by atomic mass is 33.1. The van der Waals surface area contributed by atoms with Gasteiger partial charge in [0, 0.05) is 61.3 Å². The molecular formula is C22H33N5O7S3. The van der Waals surface area contributed by atoms with Crippen molar-refractivity contribution < 1.29 is 33.6 Å². The molecule has 3 fully saturated rings. The lowest BCUT2D eigenvalue weighted by atomic mass is 10.0. The van der Waals surface area contributed by atoms with Crippen LogP contribution in [0.3, 0.4) is 0 Å². The molecule has 0 spiro atoms. The molecular weight excluding hydrogens is 542 g/mol. The van der Waals surface area contributed by atoms with Gasteiger partial charge in [-0.3, -0.25) is 19.2 Å². The fourth-order valence-electron chi connectivity index (χ4n) is 4.04. The Labute approximate surface area is 227 Å². The van der Waals surface area contributed by atoms with Gasteiger partial charge in [-0.25, -0.2) is 9.59 Å². The van der Waals surface area contributed by atoms with Gasteiger partial charge in [-0.1, -0.05) is 28.0 Å². The first-order valence-electron chi connectivity index (χ1n) is 12.4. The Morgan fingerprint density at radius 2 is 1.57 bits per heavy atom. The largest absolute Gasteiger partial charge is 0.354 e. The van der Waals surface area contributed by atoms with Crippen molar-refractivity contribution in [2.24, 2.45) is 0 Å². The van der Waals surface area contributed by atoms with Crippen molar-refractivity contribution in [1.82, 2.24) is 26.3 Å². The molecule has 3 rings (SSSR count). The number of carbonyl (C=O) groups is 6. The Morgan fingerprint density at radius 1 is 0.919 bits per heavy atom. The molecule has 0 aromatic carbocycles. The third-order valence-corrected chi connectivity index (χ3v) is 9.85. The molecule has 6 amide bonds. The number of rotatable bonds is 16. The van der Waals surface area contributed by atoms with Crippen molar-refractivity contribution >= 4 is 69.0 Å². The molecule has 0 bridgehead atoms. The van der Waals surface area contributed by atoms with E-state index in [1.807, 2.05) is 11.8 Å². The molecule has 0 radical (unpaired) electrons. The van der Waals surface area contributed by atoms with E-state index in [1.54, 1.807) is 0 Å². The van der Waals surface area contributed by atoms with Crippen LogP contribution in [-0.4, -0.2) is 88.4 Å². The SMILES string of the molecule is O=C(CCCCC1SC[C@@H]2NC(=O)N[C@H]12)NCCNC(=O)CCSSCCC(=O)ON1C(=O)CCC1=O. The predicted octanol–water partition coefficient (Wildman–Crippen LogP) is 0.713. The maximum Gasteiger partial charge on any atom is 0.334 e. The third kappa shape index (κ3) is 9.93. The molecule has 37 heavy (non-hydrogen) atoms. The van der Waals surface area contributed by atoms with Crippen LogP contribution in [0.15, 0.2) is 0 Å². The average molecular weight is 576 g/mol. The summed E-state index contributed by atoms with van der Waals surface area (Å²) in [6, 6.07) is 0.324. The van der Waals surface area contributed by atoms with Crippen molar-refractivity contribution in [2.45, 2.75) is 68.7 Å². The smallest absolute Gasteiger partial charge is 0.334 e. The number of hydroxylamine groups is 2. The second-order valence-corrected chi connectivity index (χ2v) is 12.7. The highest BCUT2D eigenvalue weighted by Gasteiger charge is 2.42. The molecule has 0 aromatic rings. The Balaban J connectivity index is 1.09. The van der Waals surface area contributed by atoms with Gasteiger partial charge in [0.25, 0.3) is 11.8 Å². The van der Waals surface area contributed by atoms with Crippen molar-refractivity contribution in [2.75, 3.05) is 30.3 Å². The summed E-state index contributed by atoms with van der Waals surface area (Å²) in [5, 5.41) is 12.4. The number of hydrogen-bond donors (Lipinski definition) is 4. The van der Waals surface area contributed by atoms with Crippen molar-refractivity contribution in [1.29, 1.82) is 0 Å². The number of hydrogen-bond acceptors (Lipinski definition) is 10. The molecule has 0 saturated carbocycles. The topological polar surface area (TPSA) is 163 Å². The van der Waals surface area contributed by atoms with Crippen LogP contribution >= 0.6 is 33.3 Å². The molecule has 15 heteroatoms. The number of imide groups is 1. The zero-order chi connectivity index (χ0) is 26.6. The molecule has 206 valence electrons. The van der Waals surface area contributed by atoms with Crippen molar-refractivity contribution in [3.05, 3.63) is 0 Å². The zero-order valence-electron chi connectivity index (χ0n) is 20.5. The van der Waals surface area contributed by atoms with Crippen LogP contribution < -0.4 is 21.3 Å². The number of amides is 6. The molecule has 0 aromatic heterocycles. The summed E-state index contributed by atoms with van der Waals surface area (Å²) in [5.74, 6) is 0.125. The number of urea groups is 1. The van der Waals surface area contributed by atoms with Crippen LogP contribution in [0.2, 0.25) is 0 Å². The number of thioether (sulfide) groups is 1. The average Bonchev–Trinajstić information content (AvgIpc) is 3.51. The minimum atomic E-state index is -0.640. The summed E-state index contributed by atoms with van der Waals surface area (Å²) >= 11 is 1.87. The van der Waals surface area contributed by atoms with E-state index in [2.05, 4.69) is 21.3 Å². The fourth-order valence-corrected chi connectivity index (χ4v) is 7.54. The monoisotopic (exact) mass is 575 g/mol. The quantitative estimate of drug-likeness (QED) is 0.0892. The summed E-state index contributed by atoms with van der Waals surface area (Å²) in [6.45, 7) is 0.729. The molecule has 3 heterocycles. The minimum absolute atomic E-state index is 0.0361. The highest BCUT2D eigenvalue weighted by molar-refractivity contribution is 8.76. The van der Waals surface area contributed by atoms with Gasteiger partial charge in [0.1, 0.15) is 0 Å². The molecule has 3 aliphatic heterocycles. The van der Waals surface area contributed by atoms with Crippen molar-refractivity contribution in [3.8, 4) is 0 Å². The number of unbranched alkanes of at least 4 members (excludes halogenated alkanes) is 1. The van der Waals surface area contributed by atoms with E-state index in [0.717, 1.165) is 25.0 Å². The summed E-state index contributed by atoms with van der Waals surface area (Å²) in [4.78, 5) is 74.6. The first-order valence-corrected chi connectivity index (χ1v) is 15.9. The van der Waals surface area contributed by atoms with Gasteiger partial charge in [-0.05, 0) is 12.8 Å². The van der Waals surface area contributed by atoms with Gasteiger partial charge in [-0.2, -0.15) is 11.8 Å².